The molecular weight excluding hydrogens is 146 g/mol. The lowest BCUT2D eigenvalue weighted by molar-refractivity contribution is 1.50. The van der Waals surface area contributed by atoms with Crippen LogP contribution in [0.2, 0.25) is 0 Å². The van der Waals surface area contributed by atoms with E-state index < -0.39 is 0 Å². The fourth-order valence-corrected chi connectivity index (χ4v) is 0.377. The van der Waals surface area contributed by atoms with Crippen LogP contribution in [0.4, 0.5) is 0 Å². The molecule has 0 aliphatic rings. The molecule has 0 heterocycles. The van der Waals surface area contributed by atoms with Crippen LogP contribution in [-0.2, 0) is 0 Å². The Hall–Kier alpha value is -1.00. The Morgan fingerprint density at radius 3 is 2.60 bits per heavy atom. The summed E-state index contributed by atoms with van der Waals surface area (Å²) in [6.07, 6.45) is 4.94. The van der Waals surface area contributed by atoms with E-state index in [4.69, 9.17) is 16.9 Å². The van der Waals surface area contributed by atoms with Crippen LogP contribution < -0.4 is 0 Å². The largest absolute Gasteiger partial charge is 0.192 e. The zero-order valence-corrected chi connectivity index (χ0v) is 6.52. The predicted molar refractivity (Wildman–Crippen MR) is 43.5 cm³/mol. The topological polar surface area (TPSA) is 23.8 Å². The summed E-state index contributed by atoms with van der Waals surface area (Å²) >= 11 is 5.59. The summed E-state index contributed by atoms with van der Waals surface area (Å²) in [5.74, 6) is 0. The lowest BCUT2D eigenvalue weighted by Crippen LogP contribution is -1.65. The smallest absolute Gasteiger partial charge is 0.0985 e. The van der Waals surface area contributed by atoms with Gasteiger partial charge in [-0.1, -0.05) is 24.3 Å². The molecule has 10 heavy (non-hydrogen) atoms. The Bertz CT molecular complexity index is 218. The van der Waals surface area contributed by atoms with Gasteiger partial charge in [-0.05, 0) is 19.1 Å². The zero-order valence-electron chi connectivity index (χ0n) is 5.76. The predicted octanol–water partition coefficient (Wildman–Crippen LogP) is 2.76. The van der Waals surface area contributed by atoms with E-state index in [0.29, 0.717) is 10.6 Å². The van der Waals surface area contributed by atoms with Crippen LogP contribution in [0.25, 0.3) is 0 Å². The first kappa shape index (κ1) is 9.00. The zero-order chi connectivity index (χ0) is 7.98. The first-order valence-corrected chi connectivity index (χ1v) is 3.17. The normalized spacial score (nSPS) is 11.5. The van der Waals surface area contributed by atoms with Gasteiger partial charge in [0.2, 0.25) is 0 Å². The number of hydrogen-bond acceptors (Lipinski definition) is 1. The van der Waals surface area contributed by atoms with Gasteiger partial charge in [-0.25, -0.2) is 0 Å². The Kier molecular flexibility index (Phi) is 4.36. The number of halogens is 1. The van der Waals surface area contributed by atoms with E-state index >= 15 is 0 Å². The van der Waals surface area contributed by atoms with Gasteiger partial charge in [-0.3, -0.25) is 0 Å². The van der Waals surface area contributed by atoms with Gasteiger partial charge in [-0.15, -0.1) is 0 Å². The first-order chi connectivity index (χ1) is 4.70. The van der Waals surface area contributed by atoms with Crippen LogP contribution >= 0.6 is 11.6 Å². The minimum atomic E-state index is 0.403. The van der Waals surface area contributed by atoms with Crippen molar-refractivity contribution in [1.29, 1.82) is 5.26 Å². The molecule has 0 aliphatic heterocycles. The van der Waals surface area contributed by atoms with Crippen molar-refractivity contribution < 1.29 is 0 Å². The van der Waals surface area contributed by atoms with Crippen molar-refractivity contribution >= 4 is 11.6 Å². The van der Waals surface area contributed by atoms with E-state index in [9.17, 15) is 0 Å². The lowest BCUT2D eigenvalue weighted by Gasteiger charge is -1.83. The Morgan fingerprint density at radius 1 is 1.60 bits per heavy atom. The number of hydrogen-bond donors (Lipinski definition) is 0. The molecule has 2 heteroatoms. The average molecular weight is 154 g/mol. The van der Waals surface area contributed by atoms with Crippen molar-refractivity contribution in [2.45, 2.75) is 6.92 Å². The van der Waals surface area contributed by atoms with E-state index in [1.165, 1.54) is 0 Å². The summed E-state index contributed by atoms with van der Waals surface area (Å²) < 4.78 is 0. The van der Waals surface area contributed by atoms with Gasteiger partial charge in [0.15, 0.2) is 0 Å². The highest BCUT2D eigenvalue weighted by Crippen LogP contribution is 2.03. The quantitative estimate of drug-likeness (QED) is 0.442. The van der Waals surface area contributed by atoms with Gasteiger partial charge >= 0.3 is 0 Å². The standard InChI is InChI=1S/C8H8ClN/c1-3-8(9)5-4-7(2)6-10/h3-5H,2H2,1H3/b5-4-,8-3+. The van der Waals surface area contributed by atoms with Crippen LogP contribution in [0.15, 0.2) is 35.4 Å². The number of nitrogens with zero attached hydrogens (tertiary/aromatic N) is 1. The van der Waals surface area contributed by atoms with Crippen molar-refractivity contribution in [1.82, 2.24) is 0 Å². The number of nitriles is 1. The van der Waals surface area contributed by atoms with Gasteiger partial charge in [0, 0.05) is 10.6 Å². The third-order valence-electron chi connectivity index (χ3n) is 0.863. The summed E-state index contributed by atoms with van der Waals surface area (Å²) in [4.78, 5) is 0. The molecule has 1 nitrogen and oxygen atoms in total. The lowest BCUT2D eigenvalue weighted by atomic mass is 10.3. The van der Waals surface area contributed by atoms with Crippen molar-refractivity contribution in [3.8, 4) is 6.07 Å². The molecule has 0 aromatic heterocycles. The van der Waals surface area contributed by atoms with Crippen LogP contribution in [0.3, 0.4) is 0 Å². The molecule has 0 unspecified atom stereocenters. The van der Waals surface area contributed by atoms with Gasteiger partial charge < -0.3 is 0 Å². The molecule has 0 amide bonds. The van der Waals surface area contributed by atoms with E-state index in [-0.39, 0.29) is 0 Å². The van der Waals surface area contributed by atoms with Crippen molar-refractivity contribution in [3.05, 3.63) is 35.4 Å². The van der Waals surface area contributed by atoms with Gasteiger partial charge in [0.25, 0.3) is 0 Å². The molecule has 0 saturated heterocycles. The van der Waals surface area contributed by atoms with Crippen molar-refractivity contribution in [2.75, 3.05) is 0 Å². The van der Waals surface area contributed by atoms with Crippen molar-refractivity contribution in [2.24, 2.45) is 0 Å². The Morgan fingerprint density at radius 2 is 2.20 bits per heavy atom. The maximum absolute atomic E-state index is 8.26. The Labute approximate surface area is 65.9 Å². The van der Waals surface area contributed by atoms with Crippen LogP contribution in [0.5, 0.6) is 0 Å². The second-order valence-electron chi connectivity index (χ2n) is 1.64. The van der Waals surface area contributed by atoms with Crippen LogP contribution in [0, 0.1) is 11.3 Å². The molecule has 0 rings (SSSR count). The minimum Gasteiger partial charge on any atom is -0.192 e. The van der Waals surface area contributed by atoms with Gasteiger partial charge in [0.1, 0.15) is 0 Å². The third kappa shape index (κ3) is 3.94. The SMILES string of the molecule is C=C(C#N)/C=C\C(Cl)=C/C. The van der Waals surface area contributed by atoms with E-state index in [0.717, 1.165) is 0 Å². The van der Waals surface area contributed by atoms with E-state index in [1.807, 2.05) is 13.0 Å². The summed E-state index contributed by atoms with van der Waals surface area (Å²) in [5, 5.41) is 8.86. The average Bonchev–Trinajstić information content (AvgIpc) is 1.99. The molecule has 0 fully saturated rings. The molecule has 0 aromatic carbocycles. The summed E-state index contributed by atoms with van der Waals surface area (Å²) in [6.45, 7) is 5.27. The summed E-state index contributed by atoms with van der Waals surface area (Å²) in [6, 6.07) is 1.88. The van der Waals surface area contributed by atoms with Gasteiger partial charge in [0.05, 0.1) is 6.07 Å². The second kappa shape index (κ2) is 4.84. The Balaban J connectivity index is 4.04. The molecule has 52 valence electrons. The molecule has 0 atom stereocenters. The van der Waals surface area contributed by atoms with E-state index in [1.54, 1.807) is 18.2 Å². The highest BCUT2D eigenvalue weighted by Gasteiger charge is 1.82. The highest BCUT2D eigenvalue weighted by atomic mass is 35.5. The third-order valence-corrected chi connectivity index (χ3v) is 1.21. The highest BCUT2D eigenvalue weighted by molar-refractivity contribution is 6.31. The molecule has 0 spiro atoms. The summed E-state index contributed by atoms with van der Waals surface area (Å²) in [7, 11) is 0. The van der Waals surface area contributed by atoms with Crippen molar-refractivity contribution in [3.63, 3.8) is 0 Å². The molecule has 0 N–H and O–H groups in total. The second-order valence-corrected chi connectivity index (χ2v) is 2.08. The molecule has 0 saturated carbocycles. The van der Waals surface area contributed by atoms with Crippen LogP contribution in [-0.4, -0.2) is 0 Å². The fourth-order valence-electron chi connectivity index (χ4n) is 0.314. The maximum Gasteiger partial charge on any atom is 0.0985 e. The summed E-state index contributed by atoms with van der Waals surface area (Å²) in [5.41, 5.74) is 0.403. The fraction of sp³-hybridized carbons (Fsp3) is 0.125. The molecule has 0 aliphatic carbocycles. The maximum atomic E-state index is 8.26. The van der Waals surface area contributed by atoms with Gasteiger partial charge in [-0.2, -0.15) is 5.26 Å². The monoisotopic (exact) mass is 153 g/mol. The molecule has 0 aromatic rings. The number of allylic oxidation sites excluding steroid dienone is 5. The minimum absolute atomic E-state index is 0.403. The first-order valence-electron chi connectivity index (χ1n) is 2.79. The van der Waals surface area contributed by atoms with Crippen LogP contribution in [0.1, 0.15) is 6.92 Å². The molecule has 0 radical (unpaired) electrons. The number of rotatable bonds is 2. The van der Waals surface area contributed by atoms with E-state index in [2.05, 4.69) is 6.58 Å². The molecule has 0 bridgehead atoms. The molecular formula is C8H8ClN.